The molecule has 16 heavy (non-hydrogen) atoms. The van der Waals surface area contributed by atoms with E-state index < -0.39 is 11.2 Å². The lowest BCUT2D eigenvalue weighted by Crippen LogP contribution is -2.30. The lowest BCUT2D eigenvalue weighted by atomic mass is 10.1. The minimum Gasteiger partial charge on any atom is -0.361 e. The van der Waals surface area contributed by atoms with Crippen molar-refractivity contribution in [1.29, 1.82) is 0 Å². The van der Waals surface area contributed by atoms with Crippen LogP contribution in [0, 0.1) is 0 Å². The summed E-state index contributed by atoms with van der Waals surface area (Å²) in [5, 5.41) is 9.02. The van der Waals surface area contributed by atoms with Crippen LogP contribution in [-0.4, -0.2) is 21.2 Å². The Morgan fingerprint density at radius 1 is 1.12 bits per heavy atom. The van der Waals surface area contributed by atoms with Gasteiger partial charge in [0, 0.05) is 6.04 Å². The van der Waals surface area contributed by atoms with E-state index in [0.29, 0.717) is 6.04 Å². The summed E-state index contributed by atoms with van der Waals surface area (Å²) < 4.78 is 0. The number of rotatable bonds is 2. The molecule has 2 rings (SSSR count). The van der Waals surface area contributed by atoms with Crippen molar-refractivity contribution in [2.45, 2.75) is 44.6 Å². The van der Waals surface area contributed by atoms with Crippen molar-refractivity contribution < 1.29 is 0 Å². The lowest BCUT2D eigenvalue weighted by Gasteiger charge is -2.15. The maximum atomic E-state index is 11.4. The fourth-order valence-corrected chi connectivity index (χ4v) is 2.06. The molecular weight excluding hydrogens is 208 g/mol. The highest BCUT2D eigenvalue weighted by Gasteiger charge is 2.13. The van der Waals surface area contributed by atoms with E-state index in [2.05, 4.69) is 20.5 Å². The summed E-state index contributed by atoms with van der Waals surface area (Å²) in [4.78, 5) is 24.3. The molecule has 6 heteroatoms. The molecule has 1 saturated carbocycles. The number of aromatic nitrogens is 3. The Kier molecular flexibility index (Phi) is 3.38. The van der Waals surface area contributed by atoms with E-state index in [0.717, 1.165) is 12.8 Å². The molecule has 0 spiro atoms. The van der Waals surface area contributed by atoms with Gasteiger partial charge in [-0.15, -0.1) is 5.10 Å². The summed E-state index contributed by atoms with van der Waals surface area (Å²) in [5.41, 5.74) is -1.02. The summed E-state index contributed by atoms with van der Waals surface area (Å²) in [6.45, 7) is 0. The molecule has 0 unspecified atom stereocenters. The number of anilines is 1. The number of aromatic amines is 2. The van der Waals surface area contributed by atoms with Crippen molar-refractivity contribution in [2.75, 3.05) is 5.32 Å². The molecule has 3 N–H and O–H groups in total. The van der Waals surface area contributed by atoms with E-state index in [1.165, 1.54) is 25.7 Å². The van der Waals surface area contributed by atoms with Crippen LogP contribution < -0.4 is 16.6 Å². The number of nitrogens with one attached hydrogen (secondary N) is 3. The first-order valence-electron chi connectivity index (χ1n) is 5.71. The van der Waals surface area contributed by atoms with Crippen LogP contribution in [0.2, 0.25) is 0 Å². The van der Waals surface area contributed by atoms with Gasteiger partial charge in [0.05, 0.1) is 0 Å². The number of H-pyrrole nitrogens is 2. The van der Waals surface area contributed by atoms with Crippen LogP contribution in [0.3, 0.4) is 0 Å². The highest BCUT2D eigenvalue weighted by molar-refractivity contribution is 5.30. The Labute approximate surface area is 92.5 Å². The quantitative estimate of drug-likeness (QED) is 0.641. The molecule has 88 valence electrons. The molecule has 0 saturated heterocycles. The van der Waals surface area contributed by atoms with E-state index in [-0.39, 0.29) is 5.82 Å². The summed E-state index contributed by atoms with van der Waals surface area (Å²) in [6, 6.07) is 0.294. The van der Waals surface area contributed by atoms with Gasteiger partial charge >= 0.3 is 5.69 Å². The highest BCUT2D eigenvalue weighted by atomic mass is 16.2. The van der Waals surface area contributed by atoms with E-state index in [1.807, 2.05) is 0 Å². The minimum absolute atomic E-state index is 0.214. The molecule has 1 aliphatic rings. The average Bonchev–Trinajstić information content (AvgIpc) is 2.51. The summed E-state index contributed by atoms with van der Waals surface area (Å²) >= 11 is 0. The van der Waals surface area contributed by atoms with Crippen LogP contribution in [0.1, 0.15) is 38.5 Å². The van der Waals surface area contributed by atoms with E-state index in [4.69, 9.17) is 0 Å². The Morgan fingerprint density at radius 3 is 2.44 bits per heavy atom. The average molecular weight is 224 g/mol. The van der Waals surface area contributed by atoms with Crippen molar-refractivity contribution in [3.8, 4) is 0 Å². The predicted molar refractivity (Wildman–Crippen MR) is 60.6 cm³/mol. The van der Waals surface area contributed by atoms with Gasteiger partial charge in [-0.3, -0.25) is 9.78 Å². The number of hydrogen-bond acceptors (Lipinski definition) is 4. The maximum absolute atomic E-state index is 11.4. The van der Waals surface area contributed by atoms with E-state index in [1.54, 1.807) is 0 Å². The Balaban J connectivity index is 2.07. The topological polar surface area (TPSA) is 90.6 Å². The van der Waals surface area contributed by atoms with Crippen LogP contribution in [-0.2, 0) is 0 Å². The monoisotopic (exact) mass is 224 g/mol. The first-order valence-corrected chi connectivity index (χ1v) is 5.71. The predicted octanol–water partition coefficient (Wildman–Crippen LogP) is 0.593. The zero-order valence-corrected chi connectivity index (χ0v) is 9.08. The van der Waals surface area contributed by atoms with E-state index in [9.17, 15) is 9.59 Å². The Bertz CT molecular complexity index is 443. The molecule has 0 bridgehead atoms. The minimum atomic E-state index is -0.573. The molecule has 1 aromatic rings. The van der Waals surface area contributed by atoms with Crippen molar-refractivity contribution in [2.24, 2.45) is 0 Å². The maximum Gasteiger partial charge on any atom is 0.342 e. The lowest BCUT2D eigenvalue weighted by molar-refractivity contribution is 0.614. The van der Waals surface area contributed by atoms with Crippen molar-refractivity contribution >= 4 is 5.82 Å². The third-order valence-corrected chi connectivity index (χ3v) is 2.91. The molecule has 0 amide bonds. The van der Waals surface area contributed by atoms with Gasteiger partial charge < -0.3 is 5.32 Å². The van der Waals surface area contributed by atoms with Gasteiger partial charge in [-0.1, -0.05) is 25.7 Å². The zero-order valence-electron chi connectivity index (χ0n) is 9.08. The van der Waals surface area contributed by atoms with Gasteiger partial charge in [-0.2, -0.15) is 0 Å². The summed E-state index contributed by atoms with van der Waals surface area (Å²) in [7, 11) is 0. The molecule has 1 aromatic heterocycles. The van der Waals surface area contributed by atoms with Crippen LogP contribution >= 0.6 is 0 Å². The molecule has 0 aliphatic heterocycles. The summed E-state index contributed by atoms with van der Waals surface area (Å²) in [5.74, 6) is 0.214. The molecule has 1 heterocycles. The molecule has 1 aliphatic carbocycles. The molecular formula is C10H16N4O2. The second kappa shape index (κ2) is 4.96. The van der Waals surface area contributed by atoms with E-state index >= 15 is 0 Å². The van der Waals surface area contributed by atoms with Crippen molar-refractivity contribution in [3.63, 3.8) is 0 Å². The SMILES string of the molecule is O=c1[nH]nc(NC2CCCCCC2)c(=O)[nH]1. The largest absolute Gasteiger partial charge is 0.361 e. The second-order valence-electron chi connectivity index (χ2n) is 4.19. The van der Waals surface area contributed by atoms with Gasteiger partial charge in [0.1, 0.15) is 0 Å². The third-order valence-electron chi connectivity index (χ3n) is 2.91. The molecule has 0 radical (unpaired) electrons. The number of nitrogens with zero attached hydrogens (tertiary/aromatic N) is 1. The molecule has 0 aromatic carbocycles. The van der Waals surface area contributed by atoms with Crippen LogP contribution in [0.25, 0.3) is 0 Å². The highest BCUT2D eigenvalue weighted by Crippen LogP contribution is 2.18. The third kappa shape index (κ3) is 2.71. The molecule has 6 nitrogen and oxygen atoms in total. The molecule has 1 fully saturated rings. The van der Waals surface area contributed by atoms with Crippen molar-refractivity contribution in [1.82, 2.24) is 15.2 Å². The van der Waals surface area contributed by atoms with Gasteiger partial charge in [0.2, 0.25) is 5.82 Å². The van der Waals surface area contributed by atoms with Gasteiger partial charge in [-0.25, -0.2) is 9.89 Å². The van der Waals surface area contributed by atoms with Crippen LogP contribution in [0.4, 0.5) is 5.82 Å². The zero-order chi connectivity index (χ0) is 11.4. The first-order chi connectivity index (χ1) is 7.75. The molecule has 0 atom stereocenters. The first kappa shape index (κ1) is 10.9. The fourth-order valence-electron chi connectivity index (χ4n) is 2.06. The normalized spacial score (nSPS) is 18.0. The summed E-state index contributed by atoms with van der Waals surface area (Å²) in [6.07, 6.45) is 6.99. The standard InChI is InChI=1S/C10H16N4O2/c15-9-8(13-14-10(16)12-9)11-7-5-3-1-2-4-6-7/h7H,1-6H2,(H,11,13)(H2,12,14,15,16). The van der Waals surface area contributed by atoms with Crippen LogP contribution in [0.5, 0.6) is 0 Å². The van der Waals surface area contributed by atoms with Gasteiger partial charge in [0.15, 0.2) is 0 Å². The second-order valence-corrected chi connectivity index (χ2v) is 4.19. The Hall–Kier alpha value is -1.59. The number of hydrogen-bond donors (Lipinski definition) is 3. The van der Waals surface area contributed by atoms with Gasteiger partial charge in [0.25, 0.3) is 5.56 Å². The van der Waals surface area contributed by atoms with Crippen molar-refractivity contribution in [3.05, 3.63) is 20.8 Å². The van der Waals surface area contributed by atoms with Crippen LogP contribution in [0.15, 0.2) is 9.59 Å². The Morgan fingerprint density at radius 2 is 1.81 bits per heavy atom. The fraction of sp³-hybridized carbons (Fsp3) is 0.700. The van der Waals surface area contributed by atoms with Gasteiger partial charge in [-0.05, 0) is 12.8 Å². The smallest absolute Gasteiger partial charge is 0.342 e.